The van der Waals surface area contributed by atoms with Crippen molar-refractivity contribution < 1.29 is 9.90 Å². The van der Waals surface area contributed by atoms with Gasteiger partial charge in [-0.2, -0.15) is 0 Å². The molecule has 0 aliphatic rings. The monoisotopic (exact) mass is 343 g/mol. The van der Waals surface area contributed by atoms with Crippen molar-refractivity contribution in [2.45, 2.75) is 12.1 Å². The maximum atomic E-state index is 11.8. The minimum Gasteiger partial charge on any atom is -0.481 e. The molecule has 1 aromatic carbocycles. The number of rotatable bonds is 4. The molecule has 0 unspecified atom stereocenters. The van der Waals surface area contributed by atoms with Crippen LogP contribution < -0.4 is 5.69 Å². The number of nitrogens with zero attached hydrogens (tertiary/aromatic N) is 2. The fraction of sp³-hybridized carbons (Fsp3) is 0.182. The first-order valence-corrected chi connectivity index (χ1v) is 7.06. The third-order valence-electron chi connectivity index (χ3n) is 2.38. The summed E-state index contributed by atoms with van der Waals surface area (Å²) in [5.41, 5.74) is 1.20. The first-order chi connectivity index (χ1) is 9.00. The molecule has 2 rings (SSSR count). The lowest BCUT2D eigenvalue weighted by atomic mass is 10.2. The quantitative estimate of drug-likeness (QED) is 0.826. The lowest BCUT2D eigenvalue weighted by Crippen LogP contribution is -2.16. The van der Waals surface area contributed by atoms with Gasteiger partial charge in [-0.15, -0.1) is 5.10 Å². The number of thioether (sulfide) groups is 1. The number of hydrogen-bond donors (Lipinski definition) is 2. The van der Waals surface area contributed by atoms with Crippen LogP contribution in [0.15, 0.2) is 32.6 Å². The van der Waals surface area contributed by atoms with Crippen molar-refractivity contribution in [2.75, 3.05) is 5.75 Å². The lowest BCUT2D eigenvalue weighted by Gasteiger charge is -2.08. The van der Waals surface area contributed by atoms with Gasteiger partial charge in [0.2, 0.25) is 0 Å². The van der Waals surface area contributed by atoms with Gasteiger partial charge in [0.15, 0.2) is 5.16 Å². The molecule has 100 valence electrons. The van der Waals surface area contributed by atoms with Crippen molar-refractivity contribution in [3.63, 3.8) is 0 Å². The van der Waals surface area contributed by atoms with Crippen LogP contribution in [0.1, 0.15) is 5.56 Å². The van der Waals surface area contributed by atoms with E-state index in [1.165, 1.54) is 4.57 Å². The number of aromatic amines is 1. The topological polar surface area (TPSA) is 88.0 Å². The van der Waals surface area contributed by atoms with Crippen molar-refractivity contribution >= 4 is 33.7 Å². The van der Waals surface area contributed by atoms with Crippen molar-refractivity contribution in [2.24, 2.45) is 0 Å². The second-order valence-electron chi connectivity index (χ2n) is 3.74. The van der Waals surface area contributed by atoms with E-state index in [2.05, 4.69) is 26.1 Å². The molecule has 0 spiro atoms. The van der Waals surface area contributed by atoms with Gasteiger partial charge in [0.05, 0.1) is 11.4 Å². The molecule has 2 N–H and O–H groups in total. The van der Waals surface area contributed by atoms with Crippen molar-refractivity contribution in [1.82, 2.24) is 14.8 Å². The Morgan fingerprint density at radius 3 is 3.00 bits per heavy atom. The van der Waals surface area contributed by atoms with Gasteiger partial charge in [-0.05, 0) is 34.5 Å². The fourth-order valence-electron chi connectivity index (χ4n) is 1.52. The van der Waals surface area contributed by atoms with Gasteiger partial charge in [-0.3, -0.25) is 4.79 Å². The summed E-state index contributed by atoms with van der Waals surface area (Å²) in [6, 6.07) is 5.49. The van der Waals surface area contributed by atoms with Gasteiger partial charge in [0.25, 0.3) is 0 Å². The minimum atomic E-state index is -0.963. The first-order valence-electron chi connectivity index (χ1n) is 5.28. The normalized spacial score (nSPS) is 10.6. The van der Waals surface area contributed by atoms with E-state index in [1.54, 1.807) is 6.07 Å². The highest BCUT2D eigenvalue weighted by atomic mass is 79.9. The first kappa shape index (κ1) is 13.9. The molecule has 0 aliphatic heterocycles. The molecule has 19 heavy (non-hydrogen) atoms. The molecule has 0 bridgehead atoms. The van der Waals surface area contributed by atoms with Crippen LogP contribution in [0.25, 0.3) is 5.69 Å². The van der Waals surface area contributed by atoms with Crippen LogP contribution in [0, 0.1) is 6.92 Å². The molecular formula is C11H10BrN3O3S. The smallest absolute Gasteiger partial charge is 0.348 e. The summed E-state index contributed by atoms with van der Waals surface area (Å²) in [5, 5.41) is 15.2. The molecule has 1 heterocycles. The van der Waals surface area contributed by atoms with Crippen molar-refractivity contribution in [3.8, 4) is 5.69 Å². The zero-order valence-corrected chi connectivity index (χ0v) is 12.3. The average molecular weight is 344 g/mol. The number of aryl methyl sites for hydroxylation is 1. The summed E-state index contributed by atoms with van der Waals surface area (Å²) in [5.74, 6) is -1.12. The van der Waals surface area contributed by atoms with Gasteiger partial charge in [-0.25, -0.2) is 14.5 Å². The van der Waals surface area contributed by atoms with Gasteiger partial charge < -0.3 is 5.11 Å². The number of carboxylic acids is 1. The number of nitrogens with one attached hydrogen (secondary N) is 1. The van der Waals surface area contributed by atoms with E-state index >= 15 is 0 Å². The standard InChI is InChI=1S/C11H10BrN3O3S/c1-6-3-2-4-7(9(6)12)15-10(18)13-14-11(15)19-5-8(16)17/h2-4H,5H2,1H3,(H,13,18)(H,16,17). The van der Waals surface area contributed by atoms with Crippen LogP contribution in [-0.2, 0) is 4.79 Å². The zero-order valence-electron chi connectivity index (χ0n) is 9.88. The zero-order chi connectivity index (χ0) is 14.0. The van der Waals surface area contributed by atoms with Crippen LogP contribution >= 0.6 is 27.7 Å². The minimum absolute atomic E-state index is 0.159. The molecular weight excluding hydrogens is 334 g/mol. The van der Waals surface area contributed by atoms with E-state index in [-0.39, 0.29) is 5.75 Å². The third kappa shape index (κ3) is 2.90. The van der Waals surface area contributed by atoms with E-state index in [4.69, 9.17) is 5.11 Å². The molecule has 1 aromatic heterocycles. The van der Waals surface area contributed by atoms with E-state index in [0.717, 1.165) is 21.8 Å². The summed E-state index contributed by atoms with van der Waals surface area (Å²) in [6.07, 6.45) is 0. The van der Waals surface area contributed by atoms with Crippen LogP contribution in [0.2, 0.25) is 0 Å². The van der Waals surface area contributed by atoms with E-state index in [1.807, 2.05) is 19.1 Å². The van der Waals surface area contributed by atoms with Gasteiger partial charge in [0, 0.05) is 4.47 Å². The molecule has 0 aliphatic carbocycles. The third-order valence-corrected chi connectivity index (χ3v) is 4.33. The lowest BCUT2D eigenvalue weighted by molar-refractivity contribution is -0.133. The number of carbonyl (C=O) groups is 1. The molecule has 0 fully saturated rings. The van der Waals surface area contributed by atoms with Crippen LogP contribution in [0.4, 0.5) is 0 Å². The van der Waals surface area contributed by atoms with Gasteiger partial charge in [0.1, 0.15) is 0 Å². The highest BCUT2D eigenvalue weighted by molar-refractivity contribution is 9.10. The van der Waals surface area contributed by atoms with Crippen molar-refractivity contribution in [3.05, 3.63) is 38.7 Å². The largest absolute Gasteiger partial charge is 0.481 e. The molecule has 0 amide bonds. The number of carboxylic acid groups (broad SMARTS) is 1. The number of H-pyrrole nitrogens is 1. The second kappa shape index (κ2) is 5.62. The van der Waals surface area contributed by atoms with E-state index < -0.39 is 11.7 Å². The Labute approximate surface area is 121 Å². The van der Waals surface area contributed by atoms with Gasteiger partial charge >= 0.3 is 11.7 Å². The van der Waals surface area contributed by atoms with E-state index in [9.17, 15) is 9.59 Å². The van der Waals surface area contributed by atoms with Crippen LogP contribution in [0.3, 0.4) is 0 Å². The van der Waals surface area contributed by atoms with E-state index in [0.29, 0.717) is 10.8 Å². The maximum absolute atomic E-state index is 11.8. The summed E-state index contributed by atoms with van der Waals surface area (Å²) in [7, 11) is 0. The summed E-state index contributed by atoms with van der Waals surface area (Å²) in [6.45, 7) is 1.91. The Morgan fingerprint density at radius 2 is 2.32 bits per heavy atom. The van der Waals surface area contributed by atoms with Gasteiger partial charge in [-0.1, -0.05) is 23.9 Å². The second-order valence-corrected chi connectivity index (χ2v) is 5.47. The highest BCUT2D eigenvalue weighted by Gasteiger charge is 2.15. The fourth-order valence-corrected chi connectivity index (χ4v) is 2.64. The Bertz CT molecular complexity index is 680. The summed E-state index contributed by atoms with van der Waals surface area (Å²) in [4.78, 5) is 22.4. The molecule has 6 nitrogen and oxygen atoms in total. The predicted molar refractivity (Wildman–Crippen MR) is 75.0 cm³/mol. The molecule has 0 saturated heterocycles. The predicted octanol–water partition coefficient (Wildman–Crippen LogP) is 1.81. The number of hydrogen-bond acceptors (Lipinski definition) is 4. The average Bonchev–Trinajstić information content (AvgIpc) is 2.72. The number of aromatic nitrogens is 3. The Hall–Kier alpha value is -1.54. The number of aliphatic carboxylic acids is 1. The van der Waals surface area contributed by atoms with Crippen LogP contribution in [-0.4, -0.2) is 31.6 Å². The Kier molecular flexibility index (Phi) is 4.11. The SMILES string of the molecule is Cc1cccc(-n2c(SCC(=O)O)n[nH]c2=O)c1Br. The van der Waals surface area contributed by atoms with Crippen LogP contribution in [0.5, 0.6) is 0 Å². The molecule has 0 atom stereocenters. The Morgan fingerprint density at radius 1 is 1.58 bits per heavy atom. The number of benzene rings is 1. The molecule has 0 radical (unpaired) electrons. The highest BCUT2D eigenvalue weighted by Crippen LogP contribution is 2.26. The molecule has 2 aromatic rings. The summed E-state index contributed by atoms with van der Waals surface area (Å²) >= 11 is 4.41. The Balaban J connectivity index is 2.49. The molecule has 0 saturated carbocycles. The molecule has 8 heteroatoms. The summed E-state index contributed by atoms with van der Waals surface area (Å²) < 4.78 is 2.13. The maximum Gasteiger partial charge on any atom is 0.348 e. The number of halogens is 1. The van der Waals surface area contributed by atoms with Crippen molar-refractivity contribution in [1.29, 1.82) is 0 Å².